The second-order valence-electron chi connectivity index (χ2n) is 6.78. The standard InChI is InChI=1S/C19H26N4O2/c1-14(2)23-17(9-10-20-23)19(24)22-12-11-21(3)18(13-22)15-5-7-16(25-4)8-6-15/h5-10,14,18H,11-13H2,1-4H3. The van der Waals surface area contributed by atoms with Crippen LogP contribution in [0.3, 0.4) is 0 Å². The molecule has 0 radical (unpaired) electrons. The molecule has 0 saturated carbocycles. The van der Waals surface area contributed by atoms with Gasteiger partial charge in [-0.2, -0.15) is 5.10 Å². The number of benzene rings is 1. The molecule has 0 aliphatic carbocycles. The summed E-state index contributed by atoms with van der Waals surface area (Å²) in [6.07, 6.45) is 1.70. The topological polar surface area (TPSA) is 50.6 Å². The molecule has 1 aromatic carbocycles. The molecule has 1 unspecified atom stereocenters. The molecular formula is C19H26N4O2. The van der Waals surface area contributed by atoms with Crippen LogP contribution in [0.2, 0.25) is 0 Å². The highest BCUT2D eigenvalue weighted by Gasteiger charge is 2.30. The number of aromatic nitrogens is 2. The largest absolute Gasteiger partial charge is 0.497 e. The molecule has 0 spiro atoms. The van der Waals surface area contributed by atoms with Gasteiger partial charge in [-0.25, -0.2) is 0 Å². The number of rotatable bonds is 4. The maximum absolute atomic E-state index is 13.0. The number of piperazine rings is 1. The molecule has 2 aromatic rings. The van der Waals surface area contributed by atoms with Gasteiger partial charge in [-0.1, -0.05) is 12.1 Å². The summed E-state index contributed by atoms with van der Waals surface area (Å²) in [5, 5.41) is 4.29. The predicted molar refractivity (Wildman–Crippen MR) is 96.9 cm³/mol. The number of methoxy groups -OCH3 is 1. The van der Waals surface area contributed by atoms with Crippen molar-refractivity contribution in [2.45, 2.75) is 25.9 Å². The van der Waals surface area contributed by atoms with E-state index in [0.29, 0.717) is 12.2 Å². The Hall–Kier alpha value is -2.34. The predicted octanol–water partition coefficient (Wildman–Crippen LogP) is 2.60. The Morgan fingerprint density at radius 1 is 1.20 bits per heavy atom. The SMILES string of the molecule is COc1ccc(C2CN(C(=O)c3ccnn3C(C)C)CCN2C)cc1. The van der Waals surface area contributed by atoms with Gasteiger partial charge in [0.15, 0.2) is 0 Å². The third-order valence-corrected chi connectivity index (χ3v) is 4.81. The van der Waals surface area contributed by atoms with E-state index in [1.165, 1.54) is 5.56 Å². The summed E-state index contributed by atoms with van der Waals surface area (Å²) >= 11 is 0. The first kappa shape index (κ1) is 17.5. The van der Waals surface area contributed by atoms with Crippen molar-refractivity contribution >= 4 is 5.91 Å². The molecule has 2 heterocycles. The van der Waals surface area contributed by atoms with Crippen LogP contribution in [0.1, 0.15) is 42.0 Å². The molecule has 6 nitrogen and oxygen atoms in total. The smallest absolute Gasteiger partial charge is 0.272 e. The van der Waals surface area contributed by atoms with Gasteiger partial charge in [-0.05, 0) is 44.7 Å². The van der Waals surface area contributed by atoms with E-state index in [1.54, 1.807) is 18.0 Å². The average Bonchev–Trinajstić information content (AvgIpc) is 3.12. The highest BCUT2D eigenvalue weighted by molar-refractivity contribution is 5.92. The molecule has 1 amide bonds. The molecule has 1 aliphatic rings. The minimum Gasteiger partial charge on any atom is -0.497 e. The third kappa shape index (κ3) is 3.54. The van der Waals surface area contributed by atoms with Crippen molar-refractivity contribution in [3.05, 3.63) is 47.8 Å². The van der Waals surface area contributed by atoms with Crippen LogP contribution in [0.5, 0.6) is 5.75 Å². The molecule has 1 aliphatic heterocycles. The van der Waals surface area contributed by atoms with E-state index >= 15 is 0 Å². The second-order valence-corrected chi connectivity index (χ2v) is 6.78. The Bertz CT molecular complexity index is 723. The summed E-state index contributed by atoms with van der Waals surface area (Å²) in [5.41, 5.74) is 1.85. The number of hydrogen-bond donors (Lipinski definition) is 0. The van der Waals surface area contributed by atoms with Crippen LogP contribution >= 0.6 is 0 Å². The Labute approximate surface area is 149 Å². The number of nitrogens with zero attached hydrogens (tertiary/aromatic N) is 4. The van der Waals surface area contributed by atoms with Crippen LogP contribution < -0.4 is 4.74 Å². The maximum Gasteiger partial charge on any atom is 0.272 e. The number of likely N-dealkylation sites (N-methyl/N-ethyl adjacent to an activating group) is 1. The lowest BCUT2D eigenvalue weighted by molar-refractivity contribution is 0.0533. The van der Waals surface area contributed by atoms with E-state index in [9.17, 15) is 4.79 Å². The van der Waals surface area contributed by atoms with Crippen LogP contribution in [0.15, 0.2) is 36.5 Å². The van der Waals surface area contributed by atoms with Gasteiger partial charge in [0.2, 0.25) is 0 Å². The Morgan fingerprint density at radius 2 is 1.92 bits per heavy atom. The summed E-state index contributed by atoms with van der Waals surface area (Å²) in [7, 11) is 3.77. The zero-order valence-electron chi connectivity index (χ0n) is 15.3. The molecule has 25 heavy (non-hydrogen) atoms. The number of carbonyl (C=O) groups is 1. The van der Waals surface area contributed by atoms with Crippen molar-refractivity contribution < 1.29 is 9.53 Å². The van der Waals surface area contributed by atoms with Crippen molar-refractivity contribution in [3.63, 3.8) is 0 Å². The maximum atomic E-state index is 13.0. The van der Waals surface area contributed by atoms with Gasteiger partial charge in [0.05, 0.1) is 13.2 Å². The summed E-state index contributed by atoms with van der Waals surface area (Å²) in [4.78, 5) is 17.2. The van der Waals surface area contributed by atoms with Gasteiger partial charge < -0.3 is 9.64 Å². The molecule has 1 saturated heterocycles. The first-order valence-electron chi connectivity index (χ1n) is 8.68. The van der Waals surface area contributed by atoms with Gasteiger partial charge in [0.1, 0.15) is 11.4 Å². The molecule has 0 N–H and O–H groups in total. The zero-order chi connectivity index (χ0) is 18.0. The highest BCUT2D eigenvalue weighted by Crippen LogP contribution is 2.26. The van der Waals surface area contributed by atoms with Crippen molar-refractivity contribution in [3.8, 4) is 5.75 Å². The molecule has 6 heteroatoms. The van der Waals surface area contributed by atoms with Gasteiger partial charge in [0, 0.05) is 31.9 Å². The third-order valence-electron chi connectivity index (χ3n) is 4.81. The number of ether oxygens (including phenoxy) is 1. The molecular weight excluding hydrogens is 316 g/mol. The number of carbonyl (C=O) groups excluding carboxylic acids is 1. The van der Waals surface area contributed by atoms with Crippen LogP contribution in [0.25, 0.3) is 0 Å². The molecule has 1 fully saturated rings. The van der Waals surface area contributed by atoms with E-state index in [1.807, 2.05) is 36.9 Å². The van der Waals surface area contributed by atoms with Crippen molar-refractivity contribution in [2.75, 3.05) is 33.8 Å². The fourth-order valence-corrected chi connectivity index (χ4v) is 3.30. The highest BCUT2D eigenvalue weighted by atomic mass is 16.5. The fraction of sp³-hybridized carbons (Fsp3) is 0.474. The minimum absolute atomic E-state index is 0.0535. The summed E-state index contributed by atoms with van der Waals surface area (Å²) < 4.78 is 7.03. The lowest BCUT2D eigenvalue weighted by atomic mass is 10.0. The second kappa shape index (κ2) is 7.27. The van der Waals surface area contributed by atoms with Gasteiger partial charge in [-0.3, -0.25) is 14.4 Å². The molecule has 3 rings (SSSR count). The quantitative estimate of drug-likeness (QED) is 0.857. The van der Waals surface area contributed by atoms with Crippen LogP contribution in [-0.4, -0.2) is 59.3 Å². The Balaban J connectivity index is 1.79. The van der Waals surface area contributed by atoms with E-state index < -0.39 is 0 Å². The fourth-order valence-electron chi connectivity index (χ4n) is 3.30. The van der Waals surface area contributed by atoms with E-state index in [4.69, 9.17) is 4.74 Å². The first-order valence-corrected chi connectivity index (χ1v) is 8.68. The van der Waals surface area contributed by atoms with Crippen molar-refractivity contribution in [2.24, 2.45) is 0 Å². The minimum atomic E-state index is 0.0535. The van der Waals surface area contributed by atoms with Gasteiger partial charge in [-0.15, -0.1) is 0 Å². The summed E-state index contributed by atoms with van der Waals surface area (Å²) in [6, 6.07) is 10.2. The lowest BCUT2D eigenvalue weighted by Gasteiger charge is -2.39. The van der Waals surface area contributed by atoms with Crippen LogP contribution in [0.4, 0.5) is 0 Å². The van der Waals surface area contributed by atoms with Gasteiger partial charge in [0.25, 0.3) is 5.91 Å². The molecule has 1 aromatic heterocycles. The van der Waals surface area contributed by atoms with Crippen LogP contribution in [0, 0.1) is 0 Å². The van der Waals surface area contributed by atoms with E-state index in [0.717, 1.165) is 18.8 Å². The first-order chi connectivity index (χ1) is 12.0. The van der Waals surface area contributed by atoms with Crippen LogP contribution in [-0.2, 0) is 0 Å². The monoisotopic (exact) mass is 342 g/mol. The lowest BCUT2D eigenvalue weighted by Crippen LogP contribution is -2.49. The number of amides is 1. The zero-order valence-corrected chi connectivity index (χ0v) is 15.3. The average molecular weight is 342 g/mol. The summed E-state index contributed by atoms with van der Waals surface area (Å²) in [6.45, 7) is 6.32. The van der Waals surface area contributed by atoms with Crippen molar-refractivity contribution in [1.29, 1.82) is 0 Å². The van der Waals surface area contributed by atoms with E-state index in [2.05, 4.69) is 29.2 Å². The van der Waals surface area contributed by atoms with E-state index in [-0.39, 0.29) is 18.0 Å². The molecule has 0 bridgehead atoms. The normalized spacial score (nSPS) is 18.6. The molecule has 134 valence electrons. The number of hydrogen-bond acceptors (Lipinski definition) is 4. The summed E-state index contributed by atoms with van der Waals surface area (Å²) in [5.74, 6) is 0.897. The Morgan fingerprint density at radius 3 is 2.56 bits per heavy atom. The van der Waals surface area contributed by atoms with Gasteiger partial charge >= 0.3 is 0 Å². The Kier molecular flexibility index (Phi) is 5.08. The van der Waals surface area contributed by atoms with Crippen molar-refractivity contribution in [1.82, 2.24) is 19.6 Å². The molecule has 1 atom stereocenters.